The van der Waals surface area contributed by atoms with Crippen molar-refractivity contribution in [2.45, 2.75) is 13.0 Å². The van der Waals surface area contributed by atoms with Crippen LogP contribution in [0.15, 0.2) is 48.8 Å². The number of ether oxygens (including phenoxy) is 1. The number of benzene rings is 1. The third-order valence-electron chi connectivity index (χ3n) is 4.33. The van der Waals surface area contributed by atoms with Crippen LogP contribution < -0.4 is 9.64 Å². The largest absolute Gasteiger partial charge is 0.494 e. The first kappa shape index (κ1) is 15.5. The van der Waals surface area contributed by atoms with Crippen molar-refractivity contribution in [1.82, 2.24) is 15.0 Å². The molecule has 5 nitrogen and oxygen atoms in total. The van der Waals surface area contributed by atoms with Crippen LogP contribution in [0.3, 0.4) is 0 Å². The Kier molecular flexibility index (Phi) is 4.01. The van der Waals surface area contributed by atoms with E-state index in [-0.39, 0.29) is 11.6 Å². The number of methoxy groups -OCH3 is 1. The maximum absolute atomic E-state index is 13.6. The van der Waals surface area contributed by atoms with Crippen LogP contribution in [0.4, 0.5) is 10.1 Å². The van der Waals surface area contributed by atoms with Crippen LogP contribution in [0.1, 0.15) is 11.3 Å². The number of anilines is 1. The van der Waals surface area contributed by atoms with Gasteiger partial charge in [-0.25, -0.2) is 14.4 Å². The van der Waals surface area contributed by atoms with Crippen LogP contribution in [-0.2, 0) is 13.0 Å². The molecule has 0 radical (unpaired) electrons. The van der Waals surface area contributed by atoms with E-state index >= 15 is 0 Å². The fourth-order valence-electron chi connectivity index (χ4n) is 3.00. The van der Waals surface area contributed by atoms with Crippen molar-refractivity contribution in [1.29, 1.82) is 0 Å². The average molecular weight is 336 g/mol. The summed E-state index contributed by atoms with van der Waals surface area (Å²) in [4.78, 5) is 15.6. The minimum absolute atomic E-state index is 0.255. The lowest BCUT2D eigenvalue weighted by molar-refractivity contribution is 0.386. The molecule has 0 N–H and O–H groups in total. The molecule has 0 amide bonds. The van der Waals surface area contributed by atoms with E-state index in [1.807, 2.05) is 24.4 Å². The highest BCUT2D eigenvalue weighted by Gasteiger charge is 2.20. The molecule has 0 saturated carbocycles. The smallest absolute Gasteiger partial charge is 0.178 e. The Morgan fingerprint density at radius 3 is 2.88 bits per heavy atom. The maximum atomic E-state index is 13.6. The van der Waals surface area contributed by atoms with Gasteiger partial charge in [-0.3, -0.25) is 4.98 Å². The molecule has 1 aromatic carbocycles. The van der Waals surface area contributed by atoms with Gasteiger partial charge in [-0.05, 0) is 24.3 Å². The second-order valence-corrected chi connectivity index (χ2v) is 5.87. The van der Waals surface area contributed by atoms with Crippen molar-refractivity contribution in [3.05, 3.63) is 65.9 Å². The van der Waals surface area contributed by atoms with E-state index in [1.54, 1.807) is 18.3 Å². The number of hydrogen-bond acceptors (Lipinski definition) is 5. The van der Waals surface area contributed by atoms with Gasteiger partial charge in [0.25, 0.3) is 0 Å². The van der Waals surface area contributed by atoms with Crippen LogP contribution in [0, 0.1) is 5.82 Å². The van der Waals surface area contributed by atoms with Crippen molar-refractivity contribution in [3.63, 3.8) is 0 Å². The van der Waals surface area contributed by atoms with Gasteiger partial charge in [0, 0.05) is 49.2 Å². The van der Waals surface area contributed by atoms with E-state index in [4.69, 9.17) is 4.74 Å². The summed E-state index contributed by atoms with van der Waals surface area (Å²) in [7, 11) is 1.47. The molecule has 0 fully saturated rings. The Bertz CT molecular complexity index is 901. The third-order valence-corrected chi connectivity index (χ3v) is 4.33. The summed E-state index contributed by atoms with van der Waals surface area (Å²) in [5, 5.41) is 0. The Labute approximate surface area is 145 Å². The molecule has 0 unspecified atom stereocenters. The Morgan fingerprint density at radius 2 is 2.08 bits per heavy atom. The van der Waals surface area contributed by atoms with Gasteiger partial charge in [-0.1, -0.05) is 6.07 Å². The molecular formula is C19H17FN4O. The molecule has 0 saturated heterocycles. The van der Waals surface area contributed by atoms with Crippen LogP contribution in [0.25, 0.3) is 11.5 Å². The topological polar surface area (TPSA) is 51.1 Å². The van der Waals surface area contributed by atoms with Crippen LogP contribution >= 0.6 is 0 Å². The monoisotopic (exact) mass is 336 g/mol. The zero-order valence-corrected chi connectivity index (χ0v) is 13.8. The number of fused-ring (bicyclic) bond motifs is 1. The van der Waals surface area contributed by atoms with Gasteiger partial charge >= 0.3 is 0 Å². The zero-order valence-electron chi connectivity index (χ0n) is 13.8. The Hall–Kier alpha value is -3.02. The minimum atomic E-state index is -0.355. The van der Waals surface area contributed by atoms with Crippen LogP contribution in [-0.4, -0.2) is 28.6 Å². The van der Waals surface area contributed by atoms with Crippen molar-refractivity contribution in [2.75, 3.05) is 18.6 Å². The number of aromatic nitrogens is 3. The van der Waals surface area contributed by atoms with E-state index in [1.165, 1.54) is 13.2 Å². The molecule has 0 bridgehead atoms. The number of hydrogen-bond donors (Lipinski definition) is 0. The Balaban J connectivity index is 1.60. The molecule has 6 heteroatoms. The molecule has 0 aliphatic carbocycles. The summed E-state index contributed by atoms with van der Waals surface area (Å²) in [6, 6.07) is 10.6. The maximum Gasteiger partial charge on any atom is 0.178 e. The minimum Gasteiger partial charge on any atom is -0.494 e. The SMILES string of the molecule is COc1cc(N2CCc3nc(-c4ccccn4)ncc3C2)ccc1F. The van der Waals surface area contributed by atoms with E-state index in [0.29, 0.717) is 12.4 Å². The molecule has 25 heavy (non-hydrogen) atoms. The lowest BCUT2D eigenvalue weighted by Crippen LogP contribution is -2.31. The van der Waals surface area contributed by atoms with Gasteiger partial charge in [0.15, 0.2) is 17.4 Å². The van der Waals surface area contributed by atoms with E-state index in [0.717, 1.165) is 35.6 Å². The third kappa shape index (κ3) is 3.03. The number of nitrogens with zero attached hydrogens (tertiary/aromatic N) is 4. The zero-order chi connectivity index (χ0) is 17.2. The molecular weight excluding hydrogens is 319 g/mol. The van der Waals surface area contributed by atoms with Gasteiger partial charge in [0.2, 0.25) is 0 Å². The van der Waals surface area contributed by atoms with Crippen LogP contribution in [0.5, 0.6) is 5.75 Å². The molecule has 0 spiro atoms. The second kappa shape index (κ2) is 6.47. The fraction of sp³-hybridized carbons (Fsp3) is 0.211. The summed E-state index contributed by atoms with van der Waals surface area (Å²) < 4.78 is 18.7. The normalized spacial score (nSPS) is 13.4. The first-order chi connectivity index (χ1) is 12.2. The predicted molar refractivity (Wildman–Crippen MR) is 93.0 cm³/mol. The lowest BCUT2D eigenvalue weighted by atomic mass is 10.1. The van der Waals surface area contributed by atoms with Gasteiger partial charge in [0.1, 0.15) is 5.69 Å². The molecule has 3 aromatic rings. The van der Waals surface area contributed by atoms with Crippen molar-refractivity contribution < 1.29 is 9.13 Å². The molecule has 1 aliphatic rings. The summed E-state index contributed by atoms with van der Waals surface area (Å²) in [5.41, 5.74) is 3.82. The van der Waals surface area contributed by atoms with Crippen LogP contribution in [0.2, 0.25) is 0 Å². The molecule has 0 atom stereocenters. The molecule has 4 rings (SSSR count). The fourth-order valence-corrected chi connectivity index (χ4v) is 3.00. The molecule has 126 valence electrons. The van der Waals surface area contributed by atoms with E-state index in [2.05, 4.69) is 19.9 Å². The predicted octanol–water partition coefficient (Wildman–Crippen LogP) is 3.25. The van der Waals surface area contributed by atoms with Gasteiger partial charge in [-0.15, -0.1) is 0 Å². The summed E-state index contributed by atoms with van der Waals surface area (Å²) >= 11 is 0. The number of halogens is 1. The standard InChI is InChI=1S/C19H17FN4O/c1-25-18-10-14(5-6-15(18)20)24-9-7-16-13(12-24)11-22-19(23-16)17-4-2-3-8-21-17/h2-6,8,10-11H,7,9,12H2,1H3. The lowest BCUT2D eigenvalue weighted by Gasteiger charge is -2.30. The summed E-state index contributed by atoms with van der Waals surface area (Å²) in [5.74, 6) is 0.549. The van der Waals surface area contributed by atoms with Gasteiger partial charge in [-0.2, -0.15) is 0 Å². The average Bonchev–Trinajstić information content (AvgIpc) is 2.68. The van der Waals surface area contributed by atoms with Crippen molar-refractivity contribution in [3.8, 4) is 17.3 Å². The summed E-state index contributed by atoms with van der Waals surface area (Å²) in [6.07, 6.45) is 4.40. The highest BCUT2D eigenvalue weighted by Crippen LogP contribution is 2.28. The second-order valence-electron chi connectivity index (χ2n) is 5.87. The van der Waals surface area contributed by atoms with Crippen molar-refractivity contribution >= 4 is 5.69 Å². The molecule has 2 aromatic heterocycles. The van der Waals surface area contributed by atoms with Gasteiger partial charge in [0.05, 0.1) is 12.8 Å². The highest BCUT2D eigenvalue weighted by atomic mass is 19.1. The quantitative estimate of drug-likeness (QED) is 0.735. The molecule has 3 heterocycles. The van der Waals surface area contributed by atoms with Crippen molar-refractivity contribution in [2.24, 2.45) is 0 Å². The van der Waals surface area contributed by atoms with E-state index in [9.17, 15) is 4.39 Å². The Morgan fingerprint density at radius 1 is 1.16 bits per heavy atom. The highest BCUT2D eigenvalue weighted by molar-refractivity contribution is 5.54. The summed E-state index contributed by atoms with van der Waals surface area (Å²) in [6.45, 7) is 1.49. The first-order valence-electron chi connectivity index (χ1n) is 8.09. The molecule has 1 aliphatic heterocycles. The first-order valence-corrected chi connectivity index (χ1v) is 8.09. The number of pyridine rings is 1. The van der Waals surface area contributed by atoms with Gasteiger partial charge < -0.3 is 9.64 Å². The number of rotatable bonds is 3. The van der Waals surface area contributed by atoms with E-state index < -0.39 is 0 Å².